The summed E-state index contributed by atoms with van der Waals surface area (Å²) in [6, 6.07) is 2.20. The molecule has 1 aliphatic carbocycles. The lowest BCUT2D eigenvalue weighted by Crippen LogP contribution is -2.29. The number of halogens is 4. The second-order valence-electron chi connectivity index (χ2n) is 5.44. The van der Waals surface area contributed by atoms with Crippen LogP contribution in [-0.4, -0.2) is 6.10 Å². The highest BCUT2D eigenvalue weighted by molar-refractivity contribution is 5.36. The maximum Gasteiger partial charge on any atom is 0.383 e. The Morgan fingerprint density at radius 1 is 1.19 bits per heavy atom. The highest BCUT2D eigenvalue weighted by Gasteiger charge is 2.38. The molecule has 0 radical (unpaired) electrons. The highest BCUT2D eigenvalue weighted by atomic mass is 19.3. The number of hydrogen-bond acceptors (Lipinski definition) is 2. The Bertz CT molecular complexity index is 542. The summed E-state index contributed by atoms with van der Waals surface area (Å²) in [4.78, 5) is 0. The van der Waals surface area contributed by atoms with Gasteiger partial charge < -0.3 is 4.74 Å². The molecule has 116 valence electrons. The van der Waals surface area contributed by atoms with E-state index in [9.17, 15) is 17.6 Å². The third kappa shape index (κ3) is 3.53. The lowest BCUT2D eigenvalue weighted by Gasteiger charge is -2.29. The van der Waals surface area contributed by atoms with Crippen LogP contribution in [0.2, 0.25) is 0 Å². The molecule has 6 heteroatoms. The number of alkyl halides is 2. The van der Waals surface area contributed by atoms with Crippen molar-refractivity contribution in [2.45, 2.75) is 44.8 Å². The molecule has 1 aromatic carbocycles. The van der Waals surface area contributed by atoms with Gasteiger partial charge in [0.1, 0.15) is 23.3 Å². The smallest absolute Gasteiger partial charge is 0.313 e. The summed E-state index contributed by atoms with van der Waals surface area (Å²) in [6.07, 6.45) is -1.83. The van der Waals surface area contributed by atoms with Crippen LogP contribution in [0, 0.1) is 28.9 Å². The molecule has 1 aromatic rings. The first-order valence-electron chi connectivity index (χ1n) is 6.78. The van der Waals surface area contributed by atoms with E-state index in [0.29, 0.717) is 30.9 Å². The van der Waals surface area contributed by atoms with Gasteiger partial charge in [-0.25, -0.2) is 8.78 Å². The third-order valence-electron chi connectivity index (χ3n) is 3.77. The molecule has 1 aliphatic rings. The monoisotopic (exact) mass is 303 g/mol. The number of benzene rings is 1. The Balaban J connectivity index is 0.00000242. The van der Waals surface area contributed by atoms with Gasteiger partial charge in [0.25, 0.3) is 0 Å². The van der Waals surface area contributed by atoms with Crippen LogP contribution in [-0.2, 0) is 10.8 Å². The summed E-state index contributed by atoms with van der Waals surface area (Å²) in [5.74, 6) is -2.15. The first-order valence-corrected chi connectivity index (χ1v) is 6.78. The zero-order chi connectivity index (χ0) is 15.6. The quantitative estimate of drug-likeness (QED) is 0.756. The Labute approximate surface area is 121 Å². The van der Waals surface area contributed by atoms with Crippen LogP contribution in [0.15, 0.2) is 12.1 Å². The summed E-state index contributed by atoms with van der Waals surface area (Å²) >= 11 is 0. The molecular formula is C15H17F4NO. The van der Waals surface area contributed by atoms with Gasteiger partial charge in [0, 0.05) is 1.43 Å². The normalized spacial score (nSPS) is 22.9. The predicted octanol–water partition coefficient (Wildman–Crippen LogP) is 4.73. The summed E-state index contributed by atoms with van der Waals surface area (Å²) in [6.45, 7) is 2.04. The van der Waals surface area contributed by atoms with Crippen molar-refractivity contribution in [2.75, 3.05) is 0 Å². The van der Waals surface area contributed by atoms with E-state index < -0.39 is 35.0 Å². The van der Waals surface area contributed by atoms with Gasteiger partial charge in [0.05, 0.1) is 11.7 Å². The number of nitriles is 1. The van der Waals surface area contributed by atoms with Crippen molar-refractivity contribution in [3.8, 4) is 6.07 Å². The molecule has 0 amide bonds. The van der Waals surface area contributed by atoms with Gasteiger partial charge in [0.15, 0.2) is 0 Å². The topological polar surface area (TPSA) is 33.0 Å². The maximum atomic E-state index is 14.0. The van der Waals surface area contributed by atoms with Crippen molar-refractivity contribution >= 4 is 0 Å². The third-order valence-corrected chi connectivity index (χ3v) is 3.77. The molecular weight excluding hydrogens is 286 g/mol. The van der Waals surface area contributed by atoms with Crippen LogP contribution in [0.25, 0.3) is 0 Å². The minimum atomic E-state index is -3.78. The number of ether oxygens (including phenoxy) is 1. The molecule has 0 saturated heterocycles. The van der Waals surface area contributed by atoms with Crippen molar-refractivity contribution in [3.63, 3.8) is 0 Å². The molecule has 0 heterocycles. The van der Waals surface area contributed by atoms with E-state index in [-0.39, 0.29) is 1.43 Å². The molecule has 0 spiro atoms. The van der Waals surface area contributed by atoms with E-state index in [4.69, 9.17) is 10.00 Å². The van der Waals surface area contributed by atoms with E-state index in [1.165, 1.54) is 6.07 Å². The Kier molecular flexibility index (Phi) is 4.52. The fourth-order valence-corrected chi connectivity index (χ4v) is 2.47. The standard InChI is InChI=1S/C15H15F4NO.H2/c1-9-2-4-11(5-3-9)21-15(18,19)10-6-13(16)12(8-20)14(17)7-10;/h6-7,9,11H,2-5H2,1H3;1H. The van der Waals surface area contributed by atoms with Crippen molar-refractivity contribution in [1.29, 1.82) is 5.26 Å². The molecule has 0 aromatic heterocycles. The minimum absolute atomic E-state index is 0. The second kappa shape index (κ2) is 6.02. The van der Waals surface area contributed by atoms with E-state index in [0.717, 1.165) is 12.8 Å². The van der Waals surface area contributed by atoms with Gasteiger partial charge in [0.2, 0.25) is 0 Å². The van der Waals surface area contributed by atoms with Crippen molar-refractivity contribution in [1.82, 2.24) is 0 Å². The van der Waals surface area contributed by atoms with Crippen LogP contribution in [0.5, 0.6) is 0 Å². The predicted molar refractivity (Wildman–Crippen MR) is 69.6 cm³/mol. The number of hydrogen-bond donors (Lipinski definition) is 0. The van der Waals surface area contributed by atoms with Gasteiger partial charge in [-0.15, -0.1) is 0 Å². The molecule has 2 rings (SSSR count). The summed E-state index contributed by atoms with van der Waals surface area (Å²) < 4.78 is 59.6. The molecule has 1 saturated carbocycles. The second-order valence-corrected chi connectivity index (χ2v) is 5.44. The summed E-state index contributed by atoms with van der Waals surface area (Å²) in [7, 11) is 0. The molecule has 0 aliphatic heterocycles. The molecule has 0 N–H and O–H groups in total. The van der Waals surface area contributed by atoms with Crippen LogP contribution in [0.4, 0.5) is 17.6 Å². The Morgan fingerprint density at radius 2 is 1.71 bits per heavy atom. The van der Waals surface area contributed by atoms with Gasteiger partial charge >= 0.3 is 6.11 Å². The Morgan fingerprint density at radius 3 is 2.19 bits per heavy atom. The summed E-state index contributed by atoms with van der Waals surface area (Å²) in [5.41, 5.74) is -1.78. The first-order chi connectivity index (χ1) is 9.83. The molecule has 1 fully saturated rings. The largest absolute Gasteiger partial charge is 0.383 e. The van der Waals surface area contributed by atoms with Crippen LogP contribution < -0.4 is 0 Å². The van der Waals surface area contributed by atoms with E-state index >= 15 is 0 Å². The fraction of sp³-hybridized carbons (Fsp3) is 0.533. The molecule has 0 unspecified atom stereocenters. The first kappa shape index (κ1) is 15.8. The van der Waals surface area contributed by atoms with Crippen LogP contribution in [0.1, 0.15) is 45.2 Å². The van der Waals surface area contributed by atoms with E-state index in [1.54, 1.807) is 0 Å². The van der Waals surface area contributed by atoms with Crippen LogP contribution in [0.3, 0.4) is 0 Å². The van der Waals surface area contributed by atoms with Gasteiger partial charge in [-0.1, -0.05) is 6.92 Å². The lowest BCUT2D eigenvalue weighted by atomic mass is 9.89. The lowest BCUT2D eigenvalue weighted by molar-refractivity contribution is -0.278. The van der Waals surface area contributed by atoms with E-state index in [1.807, 2.05) is 6.92 Å². The average molecular weight is 303 g/mol. The van der Waals surface area contributed by atoms with E-state index in [2.05, 4.69) is 0 Å². The highest BCUT2D eigenvalue weighted by Crippen LogP contribution is 2.36. The van der Waals surface area contributed by atoms with Crippen LogP contribution >= 0.6 is 0 Å². The zero-order valence-corrected chi connectivity index (χ0v) is 11.5. The molecule has 21 heavy (non-hydrogen) atoms. The number of rotatable bonds is 3. The molecule has 2 nitrogen and oxygen atoms in total. The zero-order valence-electron chi connectivity index (χ0n) is 11.5. The summed E-state index contributed by atoms with van der Waals surface area (Å²) in [5, 5.41) is 8.53. The maximum absolute atomic E-state index is 14.0. The van der Waals surface area contributed by atoms with Gasteiger partial charge in [-0.3, -0.25) is 0 Å². The van der Waals surface area contributed by atoms with Crippen molar-refractivity contribution in [3.05, 3.63) is 34.9 Å². The van der Waals surface area contributed by atoms with Crippen molar-refractivity contribution < 1.29 is 23.7 Å². The average Bonchev–Trinajstić information content (AvgIpc) is 2.41. The molecule has 0 atom stereocenters. The Hall–Kier alpha value is -1.61. The fourth-order valence-electron chi connectivity index (χ4n) is 2.47. The number of nitrogens with zero attached hydrogens (tertiary/aromatic N) is 1. The van der Waals surface area contributed by atoms with Gasteiger partial charge in [-0.2, -0.15) is 14.0 Å². The minimum Gasteiger partial charge on any atom is -0.313 e. The molecule has 0 bridgehead atoms. The SMILES string of the molecule is CC1CCC(OC(F)(F)c2cc(F)c(C#N)c(F)c2)CC1.[HH]. The van der Waals surface area contributed by atoms with Gasteiger partial charge in [-0.05, 0) is 43.7 Å². The van der Waals surface area contributed by atoms with Crippen molar-refractivity contribution in [2.24, 2.45) is 5.92 Å².